The maximum atomic E-state index is 14.5. The molecule has 2 fully saturated rings. The summed E-state index contributed by atoms with van der Waals surface area (Å²) in [7, 11) is 1.50. The molecule has 76 heavy (non-hydrogen) atoms. The number of carbonyl (C=O) groups excluding carboxylic acids is 11. The van der Waals surface area contributed by atoms with Crippen LogP contribution in [0.5, 0.6) is 5.75 Å². The molecule has 3 rings (SSSR count). The first-order valence-electron chi connectivity index (χ1n) is 24.3. The first-order chi connectivity index (χ1) is 35.6. The molecule has 8 atom stereocenters. The van der Waals surface area contributed by atoms with Gasteiger partial charge < -0.3 is 69.2 Å². The number of rotatable bonds is 18. The maximum absolute atomic E-state index is 14.5. The quantitative estimate of drug-likeness (QED) is 0.0768. The number of alkyl halides is 3. The van der Waals surface area contributed by atoms with Crippen molar-refractivity contribution < 1.29 is 80.5 Å². The van der Waals surface area contributed by atoms with Crippen LogP contribution in [0.15, 0.2) is 24.3 Å². The van der Waals surface area contributed by atoms with Gasteiger partial charge in [-0.25, -0.2) is 4.79 Å². The fourth-order valence-corrected chi connectivity index (χ4v) is 8.66. The van der Waals surface area contributed by atoms with Crippen molar-refractivity contribution in [2.45, 2.75) is 140 Å². The van der Waals surface area contributed by atoms with E-state index in [1.54, 1.807) is 38.1 Å². The van der Waals surface area contributed by atoms with Crippen LogP contribution in [0.3, 0.4) is 0 Å². The van der Waals surface area contributed by atoms with E-state index in [2.05, 4.69) is 37.2 Å². The van der Waals surface area contributed by atoms with Gasteiger partial charge in [-0.05, 0) is 67.4 Å². The van der Waals surface area contributed by atoms with E-state index in [4.69, 9.17) is 31.8 Å². The Labute approximate surface area is 440 Å². The third kappa shape index (κ3) is 22.7. The Bertz CT molecular complexity index is 2240. The van der Waals surface area contributed by atoms with Crippen LogP contribution in [0.25, 0.3) is 0 Å². The highest BCUT2D eigenvalue weighted by atomic mass is 32.2. The number of benzene rings is 1. The minimum absolute atomic E-state index is 0.0237. The number of likely N-dealkylation sites (tertiary alicyclic amines) is 1. The number of thioether (sulfide) groups is 1. The third-order valence-corrected chi connectivity index (χ3v) is 13.0. The second kappa shape index (κ2) is 31.6. The molecule has 0 spiro atoms. The molecule has 0 bridgehead atoms. The number of halogens is 3. The summed E-state index contributed by atoms with van der Waals surface area (Å²) in [5.41, 5.74) is 16.8. The average Bonchev–Trinajstić information content (AvgIpc) is 3.84. The number of aliphatic carboxylic acids is 1. The number of nitrogens with two attached hydrogens (primary N) is 3. The van der Waals surface area contributed by atoms with Crippen LogP contribution in [0.4, 0.5) is 13.2 Å². The van der Waals surface area contributed by atoms with Crippen molar-refractivity contribution in [2.75, 3.05) is 31.7 Å². The molecule has 0 radical (unpaired) electrons. The molecular weight excluding hydrogens is 1030 g/mol. The predicted molar refractivity (Wildman–Crippen MR) is 267 cm³/mol. The molecule has 2 heterocycles. The lowest BCUT2D eigenvalue weighted by Crippen LogP contribution is -2.61. The van der Waals surface area contributed by atoms with E-state index < -0.39 is 145 Å². The van der Waals surface area contributed by atoms with Gasteiger partial charge >= 0.3 is 12.1 Å². The molecule has 2 aliphatic heterocycles. The molecule has 2 aliphatic rings. The molecular formula is C47H70F3N11O14S. The number of methoxy groups -OCH3 is 1. The van der Waals surface area contributed by atoms with E-state index in [1.807, 2.05) is 13.8 Å². The van der Waals surface area contributed by atoms with Crippen LogP contribution in [0.2, 0.25) is 0 Å². The summed E-state index contributed by atoms with van der Waals surface area (Å²) in [6.45, 7) is 6.75. The number of nitrogens with one attached hydrogen (secondary N) is 7. The van der Waals surface area contributed by atoms with Gasteiger partial charge in [0.05, 0.1) is 20.1 Å². The average molecular weight is 1100 g/mol. The monoisotopic (exact) mass is 1100 g/mol. The highest BCUT2D eigenvalue weighted by molar-refractivity contribution is 7.99. The number of hydrogen-bond acceptors (Lipinski definition) is 14. The van der Waals surface area contributed by atoms with Crippen LogP contribution >= 0.6 is 11.8 Å². The second-order valence-corrected chi connectivity index (χ2v) is 19.6. The third-order valence-electron chi connectivity index (χ3n) is 11.8. The van der Waals surface area contributed by atoms with Gasteiger partial charge in [0.25, 0.3) is 0 Å². The van der Waals surface area contributed by atoms with Crippen LogP contribution < -0.4 is 59.2 Å². The van der Waals surface area contributed by atoms with Gasteiger partial charge in [-0.3, -0.25) is 52.7 Å². The van der Waals surface area contributed by atoms with Crippen molar-refractivity contribution in [1.29, 1.82) is 0 Å². The molecule has 0 unspecified atom stereocenters. The van der Waals surface area contributed by atoms with E-state index in [1.165, 1.54) is 23.8 Å². The summed E-state index contributed by atoms with van der Waals surface area (Å²) in [6, 6.07) is -2.40. The number of hydrogen-bond donors (Lipinski definition) is 11. The molecule has 11 amide bonds. The summed E-state index contributed by atoms with van der Waals surface area (Å²) < 4.78 is 37.0. The van der Waals surface area contributed by atoms with Crippen molar-refractivity contribution in [2.24, 2.45) is 29.0 Å². The first kappa shape index (κ1) is 64.9. The normalized spacial score (nSPS) is 22.1. The fourth-order valence-electron chi connectivity index (χ4n) is 7.68. The van der Waals surface area contributed by atoms with Gasteiger partial charge in [0.1, 0.15) is 48.0 Å². The summed E-state index contributed by atoms with van der Waals surface area (Å²) in [5, 5.41) is 25.3. The van der Waals surface area contributed by atoms with Gasteiger partial charge in [-0.1, -0.05) is 46.2 Å². The van der Waals surface area contributed by atoms with Gasteiger partial charge in [0, 0.05) is 31.6 Å². The highest BCUT2D eigenvalue weighted by Gasteiger charge is 2.41. The van der Waals surface area contributed by atoms with Crippen molar-refractivity contribution in [3.8, 4) is 5.75 Å². The van der Waals surface area contributed by atoms with Crippen molar-refractivity contribution in [3.05, 3.63) is 29.8 Å². The lowest BCUT2D eigenvalue weighted by Gasteiger charge is -2.31. The number of primary amides is 3. The van der Waals surface area contributed by atoms with Gasteiger partial charge in [-0.2, -0.15) is 24.9 Å². The highest BCUT2D eigenvalue weighted by Crippen LogP contribution is 2.22. The summed E-state index contributed by atoms with van der Waals surface area (Å²) in [6.07, 6.45) is -5.26. The van der Waals surface area contributed by atoms with E-state index in [9.17, 15) is 65.9 Å². The van der Waals surface area contributed by atoms with Crippen LogP contribution in [0, 0.1) is 11.8 Å². The number of carboxylic acids is 1. The first-order valence-corrected chi connectivity index (χ1v) is 25.5. The van der Waals surface area contributed by atoms with E-state index >= 15 is 0 Å². The Morgan fingerprint density at radius 2 is 1.43 bits per heavy atom. The fraction of sp³-hybridized carbons (Fsp3) is 0.617. The maximum Gasteiger partial charge on any atom is 0.490 e. The molecule has 1 aromatic carbocycles. The van der Waals surface area contributed by atoms with Crippen LogP contribution in [-0.4, -0.2) is 161 Å². The zero-order chi connectivity index (χ0) is 57.4. The Morgan fingerprint density at radius 1 is 0.829 bits per heavy atom. The number of nitrogens with zero attached hydrogens (tertiary/aromatic N) is 1. The molecule has 14 N–H and O–H groups in total. The SMILES string of the molecule is CC[C@H](C)[C@@H]1NC(=O)[C@H](Cc2ccc(OC)cc2)NC(=O)CCCSC[C@@H](C(=O)N2CCC[C@H]2C(=O)N[C@H](CC(C)C)C(=O)NCC(N)=O)NC(=O)[C@H](CC(N)=O)NC(=O)[C@H](CCC(N)=O)NC1=O.O=C(O)C(F)(F)F. The topological polar surface area (TPSA) is 400 Å². The molecule has 424 valence electrons. The van der Waals surface area contributed by atoms with E-state index in [0.29, 0.717) is 24.2 Å². The van der Waals surface area contributed by atoms with Crippen LogP contribution in [-0.2, 0) is 64.0 Å². The number of amides is 11. The molecule has 2 saturated heterocycles. The van der Waals surface area contributed by atoms with Crippen molar-refractivity contribution in [3.63, 3.8) is 0 Å². The van der Waals surface area contributed by atoms with E-state index in [-0.39, 0.29) is 62.5 Å². The second-order valence-electron chi connectivity index (χ2n) is 18.4. The summed E-state index contributed by atoms with van der Waals surface area (Å²) >= 11 is 1.18. The lowest BCUT2D eigenvalue weighted by atomic mass is 9.96. The van der Waals surface area contributed by atoms with Crippen LogP contribution in [0.1, 0.15) is 91.0 Å². The molecule has 29 heteroatoms. The summed E-state index contributed by atoms with van der Waals surface area (Å²) in [4.78, 5) is 157. The Morgan fingerprint density at radius 3 is 1.99 bits per heavy atom. The smallest absolute Gasteiger partial charge is 0.490 e. The van der Waals surface area contributed by atoms with Crippen molar-refractivity contribution in [1.82, 2.24) is 42.1 Å². The Balaban J connectivity index is 0.00000263. The number of ether oxygens (including phenoxy) is 1. The largest absolute Gasteiger partial charge is 0.497 e. The lowest BCUT2D eigenvalue weighted by molar-refractivity contribution is -0.192. The minimum atomic E-state index is -5.08. The molecule has 0 aromatic heterocycles. The van der Waals surface area contributed by atoms with Crippen molar-refractivity contribution >= 4 is 82.7 Å². The van der Waals surface area contributed by atoms with E-state index in [0.717, 1.165) is 0 Å². The molecule has 0 aliphatic carbocycles. The van der Waals surface area contributed by atoms with Gasteiger partial charge in [0.2, 0.25) is 65.0 Å². The number of carbonyl (C=O) groups is 12. The molecule has 1 aromatic rings. The minimum Gasteiger partial charge on any atom is -0.497 e. The van der Waals surface area contributed by atoms with Gasteiger partial charge in [-0.15, -0.1) is 0 Å². The zero-order valence-corrected chi connectivity index (χ0v) is 43.7. The zero-order valence-electron chi connectivity index (χ0n) is 42.9. The standard InChI is InChI=1S/C45H69N11O12S.C2HF3O2/c1-6-25(4)38-44(66)51-28(15-16-34(46)57)40(62)52-31(21-35(47)58)41(63)54-32(23-69-18-8-10-37(60)50-30(42(64)55-38)20-26-11-13-27(68-5)14-12-26)45(67)56-17-7-9-33(56)43(65)53-29(19-24(2)3)39(61)49-22-36(48)59;3-2(4,5)1(6)7/h11-14,24-25,28-33,38H,6-10,15-23H2,1-5H3,(H2,46,57)(H2,47,58)(H2,48,59)(H,49,61)(H,50,60)(H,51,66)(H,52,62)(H,53,65)(H,54,63)(H,55,64);(H,6,7)/t25-,28-,29+,30-,31-,32-,33-,38-;/m0./s1. The molecule has 25 nitrogen and oxygen atoms in total. The summed E-state index contributed by atoms with van der Waals surface area (Å²) in [5.74, 6) is -11.4. The predicted octanol–water partition coefficient (Wildman–Crippen LogP) is -1.87. The Kier molecular flexibility index (Phi) is 27.0. The van der Waals surface area contributed by atoms with Gasteiger partial charge in [0.15, 0.2) is 0 Å². The Hall–Kier alpha value is -7.20. The molecule has 0 saturated carbocycles. The number of carboxylic acid groups (broad SMARTS) is 1.